The summed E-state index contributed by atoms with van der Waals surface area (Å²) in [5.74, 6) is -1.03. The van der Waals surface area contributed by atoms with Crippen LogP contribution in [0, 0.1) is 11.6 Å². The number of carbonyl (C=O) groups excluding carboxylic acids is 1. The molecule has 0 unspecified atom stereocenters. The Morgan fingerprint density at radius 1 is 1.15 bits per heavy atom. The van der Waals surface area contributed by atoms with E-state index in [1.165, 1.54) is 36.7 Å². The van der Waals surface area contributed by atoms with Crippen molar-refractivity contribution in [3.63, 3.8) is 0 Å². The summed E-state index contributed by atoms with van der Waals surface area (Å²) >= 11 is 0. The lowest BCUT2D eigenvalue weighted by Gasteiger charge is -2.09. The molecule has 8 heteroatoms. The SMILES string of the molecule is O=C(Cn1cnc2ccc(F)cc2c1=O)NCCOc1cccc(F)c1. The number of ether oxygens (including phenoxy) is 1. The fourth-order valence-electron chi connectivity index (χ4n) is 2.37. The smallest absolute Gasteiger partial charge is 0.261 e. The second-order valence-electron chi connectivity index (χ2n) is 5.49. The van der Waals surface area contributed by atoms with Crippen LogP contribution in [0.4, 0.5) is 8.78 Å². The molecule has 0 aliphatic carbocycles. The number of rotatable bonds is 6. The van der Waals surface area contributed by atoms with Gasteiger partial charge in [-0.2, -0.15) is 0 Å². The average Bonchev–Trinajstić information content (AvgIpc) is 2.62. The lowest BCUT2D eigenvalue weighted by molar-refractivity contribution is -0.121. The van der Waals surface area contributed by atoms with Crippen LogP contribution in [0.3, 0.4) is 0 Å². The lowest BCUT2D eigenvalue weighted by atomic mass is 10.2. The Kier molecular flexibility index (Phi) is 5.21. The first kappa shape index (κ1) is 17.5. The van der Waals surface area contributed by atoms with Gasteiger partial charge in [0.25, 0.3) is 5.56 Å². The van der Waals surface area contributed by atoms with Crippen molar-refractivity contribution in [3.8, 4) is 5.75 Å². The van der Waals surface area contributed by atoms with Crippen LogP contribution in [0.1, 0.15) is 0 Å². The number of benzene rings is 2. The molecule has 0 fully saturated rings. The highest BCUT2D eigenvalue weighted by Gasteiger charge is 2.09. The van der Waals surface area contributed by atoms with Gasteiger partial charge in [-0.25, -0.2) is 13.8 Å². The minimum Gasteiger partial charge on any atom is -0.492 e. The monoisotopic (exact) mass is 359 g/mol. The Morgan fingerprint density at radius 2 is 1.96 bits per heavy atom. The quantitative estimate of drug-likeness (QED) is 0.682. The van der Waals surface area contributed by atoms with Crippen LogP contribution < -0.4 is 15.6 Å². The van der Waals surface area contributed by atoms with Crippen molar-refractivity contribution in [1.82, 2.24) is 14.9 Å². The van der Waals surface area contributed by atoms with Gasteiger partial charge < -0.3 is 10.1 Å². The molecule has 0 bridgehead atoms. The number of fused-ring (bicyclic) bond motifs is 1. The maximum Gasteiger partial charge on any atom is 0.261 e. The number of nitrogens with one attached hydrogen (secondary N) is 1. The van der Waals surface area contributed by atoms with Crippen LogP contribution in [0.5, 0.6) is 5.75 Å². The zero-order valence-corrected chi connectivity index (χ0v) is 13.6. The van der Waals surface area contributed by atoms with E-state index in [0.29, 0.717) is 11.3 Å². The van der Waals surface area contributed by atoms with Gasteiger partial charge in [0.15, 0.2) is 0 Å². The van der Waals surface area contributed by atoms with Gasteiger partial charge in [-0.15, -0.1) is 0 Å². The standard InChI is InChI=1S/C18H15F2N3O3/c19-12-2-1-3-14(8-12)26-7-6-21-17(24)10-23-11-22-16-5-4-13(20)9-15(16)18(23)25/h1-5,8-9,11H,6-7,10H2,(H,21,24). The second kappa shape index (κ2) is 7.73. The Bertz CT molecular complexity index is 1000. The molecule has 0 spiro atoms. The average molecular weight is 359 g/mol. The number of amides is 1. The van der Waals surface area contributed by atoms with Crippen LogP contribution in [0.2, 0.25) is 0 Å². The van der Waals surface area contributed by atoms with Gasteiger partial charge in [-0.3, -0.25) is 14.2 Å². The number of carbonyl (C=O) groups is 1. The lowest BCUT2D eigenvalue weighted by Crippen LogP contribution is -2.34. The first-order valence-corrected chi connectivity index (χ1v) is 7.83. The zero-order chi connectivity index (χ0) is 18.5. The van der Waals surface area contributed by atoms with E-state index in [4.69, 9.17) is 4.74 Å². The Balaban J connectivity index is 1.56. The van der Waals surface area contributed by atoms with Crippen LogP contribution in [-0.2, 0) is 11.3 Å². The van der Waals surface area contributed by atoms with Gasteiger partial charge >= 0.3 is 0 Å². The molecule has 0 saturated heterocycles. The van der Waals surface area contributed by atoms with Gasteiger partial charge in [0.05, 0.1) is 23.8 Å². The largest absolute Gasteiger partial charge is 0.492 e. The van der Waals surface area contributed by atoms with Gasteiger partial charge in [-0.05, 0) is 30.3 Å². The van der Waals surface area contributed by atoms with E-state index in [0.717, 1.165) is 10.6 Å². The zero-order valence-electron chi connectivity index (χ0n) is 13.6. The minimum absolute atomic E-state index is 0.106. The summed E-state index contributed by atoms with van der Waals surface area (Å²) in [7, 11) is 0. The normalized spacial score (nSPS) is 10.7. The highest BCUT2D eigenvalue weighted by Crippen LogP contribution is 2.11. The predicted octanol–water partition coefficient (Wildman–Crippen LogP) is 1.87. The molecule has 0 aliphatic heterocycles. The summed E-state index contributed by atoms with van der Waals surface area (Å²) in [6, 6.07) is 9.36. The highest BCUT2D eigenvalue weighted by atomic mass is 19.1. The van der Waals surface area contributed by atoms with Crippen molar-refractivity contribution in [2.24, 2.45) is 0 Å². The highest BCUT2D eigenvalue weighted by molar-refractivity contribution is 5.78. The summed E-state index contributed by atoms with van der Waals surface area (Å²) in [4.78, 5) is 28.3. The molecular formula is C18H15F2N3O3. The molecular weight excluding hydrogens is 344 g/mol. The molecule has 0 saturated carbocycles. The fourth-order valence-corrected chi connectivity index (χ4v) is 2.37. The third-order valence-electron chi connectivity index (χ3n) is 3.59. The summed E-state index contributed by atoms with van der Waals surface area (Å²) in [5.41, 5.74) is -0.141. The van der Waals surface area contributed by atoms with E-state index >= 15 is 0 Å². The molecule has 1 amide bonds. The Labute approximate surface area is 147 Å². The van der Waals surface area contributed by atoms with Crippen LogP contribution in [-0.4, -0.2) is 28.6 Å². The van der Waals surface area contributed by atoms with Crippen molar-refractivity contribution < 1.29 is 18.3 Å². The summed E-state index contributed by atoms with van der Waals surface area (Å²) in [6.07, 6.45) is 1.24. The van der Waals surface area contributed by atoms with Crippen LogP contribution >= 0.6 is 0 Å². The molecule has 0 aliphatic rings. The molecule has 0 atom stereocenters. The van der Waals surface area contributed by atoms with E-state index in [9.17, 15) is 18.4 Å². The molecule has 6 nitrogen and oxygen atoms in total. The van der Waals surface area contributed by atoms with Crippen molar-refractivity contribution in [2.75, 3.05) is 13.2 Å². The van der Waals surface area contributed by atoms with Gasteiger partial charge in [0.2, 0.25) is 5.91 Å². The molecule has 1 aromatic heterocycles. The van der Waals surface area contributed by atoms with E-state index in [1.807, 2.05) is 0 Å². The van der Waals surface area contributed by atoms with E-state index in [-0.39, 0.29) is 25.1 Å². The maximum absolute atomic E-state index is 13.3. The maximum atomic E-state index is 13.3. The molecule has 1 heterocycles. The van der Waals surface area contributed by atoms with Crippen molar-refractivity contribution in [1.29, 1.82) is 0 Å². The number of halogens is 2. The number of nitrogens with zero attached hydrogens (tertiary/aromatic N) is 2. The molecule has 134 valence electrons. The first-order valence-electron chi connectivity index (χ1n) is 7.83. The predicted molar refractivity (Wildman–Crippen MR) is 90.9 cm³/mol. The van der Waals surface area contributed by atoms with Crippen molar-refractivity contribution >= 4 is 16.8 Å². The number of hydrogen-bond acceptors (Lipinski definition) is 4. The van der Waals surface area contributed by atoms with E-state index in [1.54, 1.807) is 6.07 Å². The minimum atomic E-state index is -0.548. The van der Waals surface area contributed by atoms with Crippen LogP contribution in [0.15, 0.2) is 53.6 Å². The number of hydrogen-bond donors (Lipinski definition) is 1. The molecule has 2 aromatic carbocycles. The first-order chi connectivity index (χ1) is 12.5. The summed E-state index contributed by atoms with van der Waals surface area (Å²) in [5, 5.41) is 2.69. The van der Waals surface area contributed by atoms with Crippen molar-refractivity contribution in [2.45, 2.75) is 6.54 Å². The fraction of sp³-hybridized carbons (Fsp3) is 0.167. The molecule has 3 rings (SSSR count). The van der Waals surface area contributed by atoms with E-state index in [2.05, 4.69) is 10.3 Å². The molecule has 0 radical (unpaired) electrons. The third kappa shape index (κ3) is 4.21. The third-order valence-corrected chi connectivity index (χ3v) is 3.59. The van der Waals surface area contributed by atoms with Gasteiger partial charge in [-0.1, -0.05) is 6.07 Å². The van der Waals surface area contributed by atoms with E-state index < -0.39 is 23.1 Å². The van der Waals surface area contributed by atoms with Crippen LogP contribution in [0.25, 0.3) is 10.9 Å². The van der Waals surface area contributed by atoms with Crippen molar-refractivity contribution in [3.05, 3.63) is 70.8 Å². The molecule has 1 N–H and O–H groups in total. The topological polar surface area (TPSA) is 73.2 Å². The van der Waals surface area contributed by atoms with Gasteiger partial charge in [0, 0.05) is 6.07 Å². The molecule has 26 heavy (non-hydrogen) atoms. The second-order valence-corrected chi connectivity index (χ2v) is 5.49. The summed E-state index contributed by atoms with van der Waals surface area (Å²) in [6.45, 7) is 0.0727. The summed E-state index contributed by atoms with van der Waals surface area (Å²) < 4.78 is 32.7. The number of aromatic nitrogens is 2. The van der Waals surface area contributed by atoms with Gasteiger partial charge in [0.1, 0.15) is 30.5 Å². The molecule has 3 aromatic rings. The Hall–Kier alpha value is -3.29. The Morgan fingerprint density at radius 3 is 2.77 bits per heavy atom.